The number of nitrogens with two attached hydrogens (primary N) is 1. The number of aliphatic carboxylic acids is 1. The molecule has 10 heteroatoms. The Morgan fingerprint density at radius 3 is 2.12 bits per heavy atom. The molecular weight excluding hydrogens is 350 g/mol. The molecule has 0 unspecified atom stereocenters. The Labute approximate surface area is 149 Å². The van der Waals surface area contributed by atoms with Crippen LogP contribution < -0.4 is 16.4 Å². The summed E-state index contributed by atoms with van der Waals surface area (Å²) in [6.45, 7) is -0.720. The Bertz CT molecular complexity index is 610. The predicted molar refractivity (Wildman–Crippen MR) is 92.2 cm³/mol. The normalized spacial score (nSPS) is 14.2. The van der Waals surface area contributed by atoms with Gasteiger partial charge < -0.3 is 31.7 Å². The maximum Gasteiger partial charge on any atom is 0.326 e. The maximum atomic E-state index is 12.1. The smallest absolute Gasteiger partial charge is 0.326 e. The van der Waals surface area contributed by atoms with Gasteiger partial charge in [0, 0.05) is 12.2 Å². The molecule has 138 valence electrons. The number of benzene rings is 1. The number of rotatable bonds is 9. The summed E-state index contributed by atoms with van der Waals surface area (Å²) in [4.78, 5) is 35.2. The van der Waals surface area contributed by atoms with Crippen LogP contribution in [0.25, 0.3) is 0 Å². The first kappa shape index (κ1) is 20.7. The van der Waals surface area contributed by atoms with Crippen LogP contribution in [0.15, 0.2) is 24.3 Å². The molecule has 0 aliphatic carbocycles. The molecule has 0 saturated carbocycles. The molecule has 0 saturated heterocycles. The lowest BCUT2D eigenvalue weighted by atomic mass is 10.1. The molecule has 1 rings (SSSR count). The highest BCUT2D eigenvalue weighted by atomic mass is 32.1. The minimum absolute atomic E-state index is 0.0308. The number of aliphatic hydroxyl groups is 1. The zero-order valence-electron chi connectivity index (χ0n) is 13.3. The minimum Gasteiger partial charge on any atom is -0.508 e. The molecule has 0 bridgehead atoms. The number of aromatic hydroxyl groups is 1. The van der Waals surface area contributed by atoms with E-state index in [0.717, 1.165) is 0 Å². The van der Waals surface area contributed by atoms with Crippen molar-refractivity contribution in [1.82, 2.24) is 10.6 Å². The monoisotopic (exact) mass is 371 g/mol. The Morgan fingerprint density at radius 1 is 1.08 bits per heavy atom. The second kappa shape index (κ2) is 9.87. The number of carboxylic acids is 1. The van der Waals surface area contributed by atoms with Crippen molar-refractivity contribution < 1.29 is 29.7 Å². The van der Waals surface area contributed by atoms with Crippen molar-refractivity contribution >= 4 is 30.4 Å². The van der Waals surface area contributed by atoms with Gasteiger partial charge in [-0.05, 0) is 17.7 Å². The summed E-state index contributed by atoms with van der Waals surface area (Å²) in [6.07, 6.45) is -0.0381. The van der Waals surface area contributed by atoms with Crippen molar-refractivity contribution in [3.05, 3.63) is 29.8 Å². The fraction of sp³-hybridized carbons (Fsp3) is 0.400. The van der Waals surface area contributed by atoms with E-state index in [1.165, 1.54) is 24.3 Å². The summed E-state index contributed by atoms with van der Waals surface area (Å²) in [5, 5.41) is 32.2. The number of nitrogens with one attached hydrogen (secondary N) is 2. The summed E-state index contributed by atoms with van der Waals surface area (Å²) in [5.74, 6) is -2.74. The van der Waals surface area contributed by atoms with Gasteiger partial charge in [0.15, 0.2) is 0 Å². The number of phenols is 1. The number of carbonyl (C=O) groups is 3. The molecule has 1 aromatic rings. The van der Waals surface area contributed by atoms with E-state index in [1.54, 1.807) is 0 Å². The van der Waals surface area contributed by atoms with Crippen molar-refractivity contribution in [2.24, 2.45) is 5.73 Å². The third-order valence-corrected chi connectivity index (χ3v) is 3.73. The van der Waals surface area contributed by atoms with Crippen LogP contribution in [0.3, 0.4) is 0 Å². The zero-order chi connectivity index (χ0) is 19.0. The largest absolute Gasteiger partial charge is 0.508 e. The fourth-order valence-electron chi connectivity index (χ4n) is 1.90. The molecule has 0 spiro atoms. The van der Waals surface area contributed by atoms with Crippen LogP contribution in [-0.2, 0) is 20.8 Å². The summed E-state index contributed by atoms with van der Waals surface area (Å²) >= 11 is 3.86. The molecule has 0 aliphatic heterocycles. The van der Waals surface area contributed by atoms with E-state index in [2.05, 4.69) is 23.3 Å². The summed E-state index contributed by atoms with van der Waals surface area (Å²) < 4.78 is 0. The molecule has 3 atom stereocenters. The number of phenolic OH excluding ortho intramolecular Hbond substituents is 1. The van der Waals surface area contributed by atoms with Gasteiger partial charge in [-0.2, -0.15) is 12.6 Å². The summed E-state index contributed by atoms with van der Waals surface area (Å²) in [6, 6.07) is 2.26. The number of hydrogen-bond donors (Lipinski definition) is 7. The van der Waals surface area contributed by atoms with Gasteiger partial charge in [0.05, 0.1) is 12.6 Å². The van der Waals surface area contributed by atoms with E-state index in [0.29, 0.717) is 5.56 Å². The first-order valence-electron chi connectivity index (χ1n) is 7.37. The number of hydrogen-bond acceptors (Lipinski definition) is 7. The number of amides is 2. The van der Waals surface area contributed by atoms with Crippen molar-refractivity contribution in [3.63, 3.8) is 0 Å². The van der Waals surface area contributed by atoms with Crippen molar-refractivity contribution in [1.29, 1.82) is 0 Å². The minimum atomic E-state index is -1.33. The second-order valence-electron chi connectivity index (χ2n) is 5.30. The SMILES string of the molecule is N[C@@H](CS)C(=O)N[C@@H](CO)C(=O)N[C@@H](Cc1ccc(O)cc1)C(=O)O. The molecule has 0 aliphatic rings. The van der Waals surface area contributed by atoms with Gasteiger partial charge in [-0.15, -0.1) is 0 Å². The zero-order valence-corrected chi connectivity index (χ0v) is 14.1. The highest BCUT2D eigenvalue weighted by molar-refractivity contribution is 7.80. The third-order valence-electron chi connectivity index (χ3n) is 3.34. The Morgan fingerprint density at radius 2 is 1.64 bits per heavy atom. The summed E-state index contributed by atoms with van der Waals surface area (Å²) in [5.41, 5.74) is 6.04. The highest BCUT2D eigenvalue weighted by Gasteiger charge is 2.27. The van der Waals surface area contributed by atoms with E-state index >= 15 is 0 Å². The van der Waals surface area contributed by atoms with Gasteiger partial charge >= 0.3 is 5.97 Å². The second-order valence-corrected chi connectivity index (χ2v) is 5.67. The van der Waals surface area contributed by atoms with Crippen LogP contribution in [0.1, 0.15) is 5.56 Å². The molecule has 2 amide bonds. The number of thiol groups is 1. The van der Waals surface area contributed by atoms with E-state index < -0.39 is 42.5 Å². The fourth-order valence-corrected chi connectivity index (χ4v) is 2.06. The van der Waals surface area contributed by atoms with Crippen LogP contribution in [0.5, 0.6) is 5.75 Å². The lowest BCUT2D eigenvalue weighted by Crippen LogP contribution is -2.56. The van der Waals surface area contributed by atoms with Crippen molar-refractivity contribution in [3.8, 4) is 5.75 Å². The van der Waals surface area contributed by atoms with Crippen molar-refractivity contribution in [2.45, 2.75) is 24.5 Å². The molecule has 7 N–H and O–H groups in total. The van der Waals surface area contributed by atoms with Gasteiger partial charge in [0.2, 0.25) is 11.8 Å². The van der Waals surface area contributed by atoms with Crippen LogP contribution in [0.2, 0.25) is 0 Å². The molecule has 0 fully saturated rings. The van der Waals surface area contributed by atoms with Gasteiger partial charge in [0.25, 0.3) is 0 Å². The van der Waals surface area contributed by atoms with Gasteiger partial charge in [-0.25, -0.2) is 4.79 Å². The molecular formula is C15H21N3O6S. The van der Waals surface area contributed by atoms with Crippen LogP contribution in [0, 0.1) is 0 Å². The van der Waals surface area contributed by atoms with Crippen LogP contribution >= 0.6 is 12.6 Å². The molecule has 0 heterocycles. The predicted octanol–water partition coefficient (Wildman–Crippen LogP) is -1.76. The van der Waals surface area contributed by atoms with Crippen molar-refractivity contribution in [2.75, 3.05) is 12.4 Å². The topological polar surface area (TPSA) is 162 Å². The number of carbonyl (C=O) groups excluding carboxylic acids is 2. The Hall–Kier alpha value is -2.30. The third kappa shape index (κ3) is 6.61. The Kier molecular flexibility index (Phi) is 8.19. The van der Waals surface area contributed by atoms with E-state index in [9.17, 15) is 29.7 Å². The molecule has 1 aromatic carbocycles. The molecule has 9 nitrogen and oxygen atoms in total. The van der Waals surface area contributed by atoms with Gasteiger partial charge in [0.1, 0.15) is 17.8 Å². The standard InChI is InChI=1S/C15H21N3O6S/c16-10(7-25)13(21)18-12(6-19)14(22)17-11(15(23)24)5-8-1-3-9(20)4-2-8/h1-4,10-12,19-20,25H,5-7,16H2,(H,17,22)(H,18,21)(H,23,24)/t10-,11-,12-/m0/s1. The lowest BCUT2D eigenvalue weighted by Gasteiger charge is -2.21. The number of carboxylic acid groups (broad SMARTS) is 1. The average molecular weight is 371 g/mol. The molecule has 0 aromatic heterocycles. The van der Waals surface area contributed by atoms with E-state index in [4.69, 9.17) is 5.73 Å². The maximum absolute atomic E-state index is 12.1. The van der Waals surface area contributed by atoms with Crippen LogP contribution in [0.4, 0.5) is 0 Å². The van der Waals surface area contributed by atoms with Gasteiger partial charge in [-0.1, -0.05) is 12.1 Å². The summed E-state index contributed by atoms with van der Waals surface area (Å²) in [7, 11) is 0. The Balaban J connectivity index is 2.75. The highest BCUT2D eigenvalue weighted by Crippen LogP contribution is 2.11. The molecule has 0 radical (unpaired) electrons. The average Bonchev–Trinajstić information content (AvgIpc) is 2.59. The molecule has 25 heavy (non-hydrogen) atoms. The van der Waals surface area contributed by atoms with Crippen LogP contribution in [-0.4, -0.2) is 63.6 Å². The first-order chi connectivity index (χ1) is 11.8. The van der Waals surface area contributed by atoms with Gasteiger partial charge in [-0.3, -0.25) is 9.59 Å². The van der Waals surface area contributed by atoms with E-state index in [-0.39, 0.29) is 17.9 Å². The first-order valence-corrected chi connectivity index (χ1v) is 8.00. The quantitative estimate of drug-likeness (QED) is 0.253. The number of aliphatic hydroxyl groups excluding tert-OH is 1. The van der Waals surface area contributed by atoms with E-state index in [1.807, 2.05) is 0 Å². The lowest BCUT2D eigenvalue weighted by molar-refractivity contribution is -0.142.